The monoisotopic (exact) mass is 364 g/mol. The van der Waals surface area contributed by atoms with Gasteiger partial charge >= 0.3 is 5.97 Å². The molecule has 0 saturated heterocycles. The molecule has 134 valence electrons. The van der Waals surface area contributed by atoms with E-state index in [0.29, 0.717) is 22.4 Å². The fourth-order valence-corrected chi connectivity index (χ4v) is 3.94. The number of hydrogen-bond donors (Lipinski definition) is 2. The number of rotatable bonds is 7. The van der Waals surface area contributed by atoms with E-state index >= 15 is 0 Å². The van der Waals surface area contributed by atoms with Gasteiger partial charge in [0.1, 0.15) is 11.8 Å². The number of carboxylic acid groups (broad SMARTS) is 1. The summed E-state index contributed by atoms with van der Waals surface area (Å²) in [6, 6.07) is 4.92. The highest BCUT2D eigenvalue weighted by atomic mass is 32.2. The van der Waals surface area contributed by atoms with Crippen LogP contribution in [0.3, 0.4) is 0 Å². The fraction of sp³-hybridized carbons (Fsp3) is 0.294. The number of methoxy groups -OCH3 is 1. The van der Waals surface area contributed by atoms with E-state index in [2.05, 4.69) is 9.71 Å². The Morgan fingerprint density at radius 2 is 1.80 bits per heavy atom. The first-order valence-electron chi connectivity index (χ1n) is 7.54. The van der Waals surface area contributed by atoms with Gasteiger partial charge in [0.05, 0.1) is 12.0 Å². The van der Waals surface area contributed by atoms with Crippen LogP contribution >= 0.6 is 0 Å². The molecule has 0 aliphatic heterocycles. The maximum absolute atomic E-state index is 12.6. The number of benzene rings is 1. The Morgan fingerprint density at radius 3 is 2.28 bits per heavy atom. The Labute approximate surface area is 146 Å². The van der Waals surface area contributed by atoms with E-state index in [4.69, 9.17) is 4.74 Å². The van der Waals surface area contributed by atoms with Gasteiger partial charge in [0.2, 0.25) is 10.0 Å². The predicted octanol–water partition coefficient (Wildman–Crippen LogP) is 1.68. The van der Waals surface area contributed by atoms with Crippen molar-refractivity contribution in [3.8, 4) is 5.75 Å². The van der Waals surface area contributed by atoms with Gasteiger partial charge < -0.3 is 9.84 Å². The van der Waals surface area contributed by atoms with Gasteiger partial charge in [-0.2, -0.15) is 4.72 Å². The molecule has 0 bridgehead atoms. The molecular formula is C17H20N2O5S. The molecule has 0 saturated carbocycles. The van der Waals surface area contributed by atoms with Crippen molar-refractivity contribution in [2.45, 2.75) is 31.2 Å². The van der Waals surface area contributed by atoms with E-state index in [1.807, 2.05) is 0 Å². The topological polar surface area (TPSA) is 106 Å². The minimum absolute atomic E-state index is 0.00396. The maximum Gasteiger partial charge on any atom is 0.322 e. The number of aromatic nitrogens is 1. The Morgan fingerprint density at radius 1 is 1.24 bits per heavy atom. The van der Waals surface area contributed by atoms with Crippen molar-refractivity contribution < 1.29 is 23.1 Å². The van der Waals surface area contributed by atoms with Crippen LogP contribution in [0.2, 0.25) is 0 Å². The second-order valence-electron chi connectivity index (χ2n) is 5.66. The minimum Gasteiger partial charge on any atom is -0.496 e. The lowest BCUT2D eigenvalue weighted by atomic mass is 10.1. The number of aliphatic carboxylic acids is 1. The van der Waals surface area contributed by atoms with Crippen molar-refractivity contribution in [3.63, 3.8) is 0 Å². The molecule has 1 heterocycles. The molecule has 0 fully saturated rings. The van der Waals surface area contributed by atoms with Crippen molar-refractivity contribution >= 4 is 16.0 Å². The SMILES string of the molecule is COc1c(C)cc(S(=O)(=O)NC(Cc2ccncc2)C(=O)O)cc1C. The van der Waals surface area contributed by atoms with Crippen molar-refractivity contribution in [1.29, 1.82) is 0 Å². The lowest BCUT2D eigenvalue weighted by Gasteiger charge is -2.16. The van der Waals surface area contributed by atoms with Crippen molar-refractivity contribution in [1.82, 2.24) is 9.71 Å². The number of ether oxygens (including phenoxy) is 1. The Bertz CT molecular complexity index is 843. The second-order valence-corrected chi connectivity index (χ2v) is 7.38. The van der Waals surface area contributed by atoms with Crippen molar-refractivity contribution in [2.75, 3.05) is 7.11 Å². The number of pyridine rings is 1. The standard InChI is InChI=1S/C17H20N2O5S/c1-11-8-14(9-12(2)16(11)24-3)25(22,23)19-15(17(20)21)10-13-4-6-18-7-5-13/h4-9,15,19H,10H2,1-3H3,(H,20,21). The van der Waals surface area contributed by atoms with E-state index in [9.17, 15) is 18.3 Å². The molecule has 25 heavy (non-hydrogen) atoms. The zero-order chi connectivity index (χ0) is 18.6. The first kappa shape index (κ1) is 18.9. The largest absolute Gasteiger partial charge is 0.496 e. The summed E-state index contributed by atoms with van der Waals surface area (Å²) in [6.07, 6.45) is 3.07. The van der Waals surface area contributed by atoms with Gasteiger partial charge in [0, 0.05) is 12.4 Å². The minimum atomic E-state index is -4.00. The summed E-state index contributed by atoms with van der Waals surface area (Å²) in [4.78, 5) is 15.3. The predicted molar refractivity (Wildman–Crippen MR) is 92.2 cm³/mol. The molecular weight excluding hydrogens is 344 g/mol. The summed E-state index contributed by atoms with van der Waals surface area (Å²) < 4.78 is 32.7. The molecule has 0 amide bonds. The summed E-state index contributed by atoms with van der Waals surface area (Å²) in [5.41, 5.74) is 1.99. The van der Waals surface area contributed by atoms with Crippen LogP contribution in [0, 0.1) is 13.8 Å². The van der Waals surface area contributed by atoms with Gasteiger partial charge in [0.15, 0.2) is 0 Å². The van der Waals surface area contributed by atoms with Gasteiger partial charge in [-0.25, -0.2) is 8.42 Å². The molecule has 2 rings (SSSR count). The first-order valence-corrected chi connectivity index (χ1v) is 9.02. The number of carbonyl (C=O) groups is 1. The normalized spacial score (nSPS) is 12.6. The van der Waals surface area contributed by atoms with Crippen LogP contribution in [-0.2, 0) is 21.2 Å². The molecule has 8 heteroatoms. The van der Waals surface area contributed by atoms with Gasteiger partial charge in [-0.3, -0.25) is 9.78 Å². The smallest absolute Gasteiger partial charge is 0.322 e. The Hall–Kier alpha value is -2.45. The maximum atomic E-state index is 12.6. The van der Waals surface area contributed by atoms with Gasteiger partial charge in [-0.1, -0.05) is 0 Å². The van der Waals surface area contributed by atoms with E-state index in [1.165, 1.54) is 31.6 Å². The van der Waals surface area contributed by atoms with E-state index in [1.54, 1.807) is 26.0 Å². The number of aryl methyl sites for hydroxylation is 2. The van der Waals surface area contributed by atoms with E-state index in [-0.39, 0.29) is 11.3 Å². The third-order valence-electron chi connectivity index (χ3n) is 3.73. The molecule has 0 spiro atoms. The fourth-order valence-electron chi connectivity index (χ4n) is 2.58. The van der Waals surface area contributed by atoms with Crippen LogP contribution in [0.1, 0.15) is 16.7 Å². The molecule has 0 radical (unpaired) electrons. The number of hydrogen-bond acceptors (Lipinski definition) is 5. The number of sulfonamides is 1. The Kier molecular flexibility index (Phi) is 5.76. The van der Waals surface area contributed by atoms with Crippen LogP contribution in [-0.4, -0.2) is 37.6 Å². The molecule has 2 aromatic rings. The summed E-state index contributed by atoms with van der Waals surface area (Å²) >= 11 is 0. The van der Waals surface area contributed by atoms with E-state index < -0.39 is 22.0 Å². The second kappa shape index (κ2) is 7.62. The highest BCUT2D eigenvalue weighted by molar-refractivity contribution is 7.89. The van der Waals surface area contributed by atoms with Gasteiger partial charge in [0.25, 0.3) is 0 Å². The van der Waals surface area contributed by atoms with Crippen LogP contribution < -0.4 is 9.46 Å². The lowest BCUT2D eigenvalue weighted by Crippen LogP contribution is -2.42. The third kappa shape index (κ3) is 4.55. The van der Waals surface area contributed by atoms with Crippen molar-refractivity contribution in [2.24, 2.45) is 0 Å². The number of nitrogens with zero attached hydrogens (tertiary/aromatic N) is 1. The average molecular weight is 364 g/mol. The van der Waals surface area contributed by atoms with Crippen LogP contribution in [0.25, 0.3) is 0 Å². The van der Waals surface area contributed by atoms with E-state index in [0.717, 1.165) is 0 Å². The molecule has 1 atom stereocenters. The Balaban J connectivity index is 2.30. The molecule has 0 aliphatic rings. The average Bonchev–Trinajstić information content (AvgIpc) is 2.54. The van der Waals surface area contributed by atoms with Crippen LogP contribution in [0.5, 0.6) is 5.75 Å². The molecule has 7 nitrogen and oxygen atoms in total. The first-order chi connectivity index (χ1) is 11.7. The van der Waals surface area contributed by atoms with Crippen LogP contribution in [0.15, 0.2) is 41.6 Å². The highest BCUT2D eigenvalue weighted by Crippen LogP contribution is 2.26. The van der Waals surface area contributed by atoms with Crippen LogP contribution in [0.4, 0.5) is 0 Å². The third-order valence-corrected chi connectivity index (χ3v) is 5.18. The molecule has 1 aromatic carbocycles. The summed E-state index contributed by atoms with van der Waals surface area (Å²) in [7, 11) is -2.49. The zero-order valence-electron chi connectivity index (χ0n) is 14.2. The zero-order valence-corrected chi connectivity index (χ0v) is 15.0. The van der Waals surface area contributed by atoms with Gasteiger partial charge in [-0.05, 0) is 61.2 Å². The lowest BCUT2D eigenvalue weighted by molar-refractivity contribution is -0.138. The summed E-state index contributed by atoms with van der Waals surface area (Å²) in [5.74, 6) is -0.645. The molecule has 2 N–H and O–H groups in total. The molecule has 0 aliphatic carbocycles. The highest BCUT2D eigenvalue weighted by Gasteiger charge is 2.26. The number of carboxylic acids is 1. The molecule has 1 unspecified atom stereocenters. The quantitative estimate of drug-likeness (QED) is 0.774. The van der Waals surface area contributed by atoms with Gasteiger partial charge in [-0.15, -0.1) is 0 Å². The van der Waals surface area contributed by atoms with Crippen molar-refractivity contribution in [3.05, 3.63) is 53.3 Å². The molecule has 1 aromatic heterocycles. The summed E-state index contributed by atoms with van der Waals surface area (Å²) in [6.45, 7) is 3.47. The summed E-state index contributed by atoms with van der Waals surface area (Å²) in [5, 5.41) is 9.37. The number of nitrogens with one attached hydrogen (secondary N) is 1.